The number of phenols is 1. The van der Waals surface area contributed by atoms with Crippen molar-refractivity contribution < 1.29 is 19.4 Å². The van der Waals surface area contributed by atoms with Crippen LogP contribution < -0.4 is 4.74 Å². The number of carbonyl (C=O) groups excluding carboxylic acids is 1. The lowest BCUT2D eigenvalue weighted by Crippen LogP contribution is -2.52. The quantitative estimate of drug-likeness (QED) is 0.824. The largest absolute Gasteiger partial charge is 0.508 e. The summed E-state index contributed by atoms with van der Waals surface area (Å²) in [4.78, 5) is 14.8. The normalized spacial score (nSPS) is 20.4. The molecule has 0 saturated carbocycles. The number of rotatable bonds is 3. The first kappa shape index (κ1) is 19.8. The molecule has 2 aromatic carbocycles. The predicted molar refractivity (Wildman–Crippen MR) is 111 cm³/mol. The third kappa shape index (κ3) is 3.97. The molecule has 1 amide bonds. The van der Waals surface area contributed by atoms with Crippen molar-refractivity contribution in [3.63, 3.8) is 0 Å². The summed E-state index contributed by atoms with van der Waals surface area (Å²) in [6, 6.07) is 13.2. The number of phenolic OH excluding ortho intramolecular Hbond substituents is 1. The van der Waals surface area contributed by atoms with Crippen molar-refractivity contribution in [2.75, 3.05) is 13.1 Å². The molecule has 2 aromatic rings. The van der Waals surface area contributed by atoms with Gasteiger partial charge in [-0.05, 0) is 50.6 Å². The lowest BCUT2D eigenvalue weighted by Gasteiger charge is -2.47. The van der Waals surface area contributed by atoms with Gasteiger partial charge in [0.2, 0.25) is 0 Å². The van der Waals surface area contributed by atoms with E-state index in [0.29, 0.717) is 24.2 Å². The third-order valence-electron chi connectivity index (χ3n) is 5.99. The average molecular weight is 395 g/mol. The minimum atomic E-state index is -0.296. The van der Waals surface area contributed by atoms with Crippen molar-refractivity contribution in [1.29, 1.82) is 0 Å². The summed E-state index contributed by atoms with van der Waals surface area (Å²) in [5.74, 6) is 1.12. The van der Waals surface area contributed by atoms with Crippen LogP contribution in [0.15, 0.2) is 42.5 Å². The summed E-state index contributed by atoms with van der Waals surface area (Å²) >= 11 is 0. The molecule has 1 N–H and O–H groups in total. The van der Waals surface area contributed by atoms with E-state index < -0.39 is 0 Å². The maximum Gasteiger partial charge on any atom is 0.253 e. The van der Waals surface area contributed by atoms with Crippen LogP contribution in [0, 0.1) is 6.92 Å². The van der Waals surface area contributed by atoms with Crippen molar-refractivity contribution in [2.45, 2.75) is 57.8 Å². The molecule has 2 aliphatic rings. The number of hydrogen-bond acceptors (Lipinski definition) is 4. The zero-order chi connectivity index (χ0) is 20.6. The Balaban J connectivity index is 1.49. The third-order valence-corrected chi connectivity index (χ3v) is 5.99. The van der Waals surface area contributed by atoms with E-state index in [-0.39, 0.29) is 29.5 Å². The van der Waals surface area contributed by atoms with E-state index in [1.54, 1.807) is 25.1 Å². The van der Waals surface area contributed by atoms with Gasteiger partial charge in [0.05, 0.1) is 12.2 Å². The predicted octanol–water partition coefficient (Wildman–Crippen LogP) is 4.62. The summed E-state index contributed by atoms with van der Waals surface area (Å²) in [6.07, 6.45) is 2.52. The van der Waals surface area contributed by atoms with Crippen molar-refractivity contribution >= 4 is 5.91 Å². The van der Waals surface area contributed by atoms with Crippen LogP contribution in [0.2, 0.25) is 0 Å². The molecule has 0 aromatic heterocycles. The highest BCUT2D eigenvalue weighted by molar-refractivity contribution is 5.94. The number of benzene rings is 2. The first-order chi connectivity index (χ1) is 13.9. The standard InChI is InChI=1S/C24H29NO4/c1-16(2)28-22-15-24(29-21-7-5-4-6-19(21)22)10-12-25(13-11-24)23(27)18-8-9-20(26)17(3)14-18/h4-9,14,16,22,26H,10-13,15H2,1-3H3/t22-/m1/s1. The fraction of sp³-hybridized carbons (Fsp3) is 0.458. The van der Waals surface area contributed by atoms with Crippen LogP contribution in [0.1, 0.15) is 60.7 Å². The number of piperidine rings is 1. The van der Waals surface area contributed by atoms with Gasteiger partial charge in [0.25, 0.3) is 5.91 Å². The highest BCUT2D eigenvalue weighted by Gasteiger charge is 2.44. The molecular formula is C24H29NO4. The number of amides is 1. The highest BCUT2D eigenvalue weighted by atomic mass is 16.5. The number of para-hydroxylation sites is 1. The Morgan fingerprint density at radius 1 is 1.21 bits per heavy atom. The van der Waals surface area contributed by atoms with Gasteiger partial charge >= 0.3 is 0 Å². The first-order valence-electron chi connectivity index (χ1n) is 10.4. The molecule has 0 bridgehead atoms. The van der Waals surface area contributed by atoms with Crippen molar-refractivity contribution in [1.82, 2.24) is 4.90 Å². The zero-order valence-corrected chi connectivity index (χ0v) is 17.4. The van der Waals surface area contributed by atoms with Crippen molar-refractivity contribution in [2.24, 2.45) is 0 Å². The molecule has 1 saturated heterocycles. The minimum Gasteiger partial charge on any atom is -0.508 e. The molecule has 154 valence electrons. The van der Waals surface area contributed by atoms with Crippen LogP contribution in [-0.2, 0) is 4.74 Å². The fourth-order valence-electron chi connectivity index (χ4n) is 4.41. The molecule has 2 heterocycles. The van der Waals surface area contributed by atoms with Crippen LogP contribution >= 0.6 is 0 Å². The van der Waals surface area contributed by atoms with Crippen LogP contribution in [0.4, 0.5) is 0 Å². The van der Waals surface area contributed by atoms with Gasteiger partial charge in [0.1, 0.15) is 17.1 Å². The molecule has 4 rings (SSSR count). The van der Waals surface area contributed by atoms with Gasteiger partial charge in [-0.25, -0.2) is 0 Å². The highest BCUT2D eigenvalue weighted by Crippen LogP contribution is 2.46. The molecule has 0 aliphatic carbocycles. The van der Waals surface area contributed by atoms with E-state index >= 15 is 0 Å². The van der Waals surface area contributed by atoms with Crippen molar-refractivity contribution in [3.8, 4) is 11.5 Å². The molecule has 1 fully saturated rings. The summed E-state index contributed by atoms with van der Waals surface area (Å²) in [7, 11) is 0. The van der Waals surface area contributed by atoms with Crippen LogP contribution in [0.3, 0.4) is 0 Å². The molecular weight excluding hydrogens is 366 g/mol. The molecule has 0 unspecified atom stereocenters. The Morgan fingerprint density at radius 3 is 2.62 bits per heavy atom. The van der Waals surface area contributed by atoms with E-state index in [2.05, 4.69) is 19.9 Å². The average Bonchev–Trinajstić information content (AvgIpc) is 2.70. The Bertz CT molecular complexity index is 900. The van der Waals surface area contributed by atoms with Gasteiger partial charge in [0, 0.05) is 43.5 Å². The molecule has 5 heteroatoms. The van der Waals surface area contributed by atoms with Crippen LogP contribution in [0.5, 0.6) is 11.5 Å². The number of ether oxygens (including phenoxy) is 2. The second-order valence-corrected chi connectivity index (χ2v) is 8.49. The number of hydrogen-bond donors (Lipinski definition) is 1. The Hall–Kier alpha value is -2.53. The maximum atomic E-state index is 12.9. The minimum absolute atomic E-state index is 0.00846. The SMILES string of the molecule is Cc1cc(C(=O)N2CCC3(CC2)C[C@@H](OC(C)C)c2ccccc2O3)ccc1O. The number of likely N-dealkylation sites (tertiary alicyclic amines) is 1. The van der Waals surface area contributed by atoms with E-state index in [1.165, 1.54) is 0 Å². The summed E-state index contributed by atoms with van der Waals surface area (Å²) in [6.45, 7) is 7.22. The number of fused-ring (bicyclic) bond motifs is 1. The first-order valence-corrected chi connectivity index (χ1v) is 10.4. The lowest BCUT2D eigenvalue weighted by atomic mass is 9.81. The monoisotopic (exact) mass is 395 g/mol. The second-order valence-electron chi connectivity index (χ2n) is 8.49. The van der Waals surface area contributed by atoms with Gasteiger partial charge in [-0.15, -0.1) is 0 Å². The van der Waals surface area contributed by atoms with Gasteiger partial charge in [-0.2, -0.15) is 0 Å². The van der Waals surface area contributed by atoms with Crippen LogP contribution in [-0.4, -0.2) is 40.7 Å². The molecule has 29 heavy (non-hydrogen) atoms. The summed E-state index contributed by atoms with van der Waals surface area (Å²) in [5.41, 5.74) is 2.15. The fourth-order valence-corrected chi connectivity index (χ4v) is 4.41. The Labute approximate surface area is 172 Å². The zero-order valence-electron chi connectivity index (χ0n) is 17.4. The molecule has 1 spiro atoms. The molecule has 0 radical (unpaired) electrons. The smallest absolute Gasteiger partial charge is 0.253 e. The van der Waals surface area contributed by atoms with E-state index in [0.717, 1.165) is 30.6 Å². The number of aryl methyl sites for hydroxylation is 1. The van der Waals surface area contributed by atoms with Gasteiger partial charge in [-0.1, -0.05) is 18.2 Å². The van der Waals surface area contributed by atoms with Gasteiger partial charge in [0.15, 0.2) is 0 Å². The molecule has 1 atom stereocenters. The molecule has 2 aliphatic heterocycles. The molecule has 5 nitrogen and oxygen atoms in total. The maximum absolute atomic E-state index is 12.9. The van der Waals surface area contributed by atoms with E-state index in [9.17, 15) is 9.90 Å². The van der Waals surface area contributed by atoms with Gasteiger partial charge < -0.3 is 19.5 Å². The van der Waals surface area contributed by atoms with Crippen LogP contribution in [0.25, 0.3) is 0 Å². The Kier molecular flexibility index (Phi) is 5.26. The topological polar surface area (TPSA) is 59.0 Å². The van der Waals surface area contributed by atoms with E-state index in [4.69, 9.17) is 9.47 Å². The second kappa shape index (κ2) is 7.71. The summed E-state index contributed by atoms with van der Waals surface area (Å²) in [5, 5.41) is 9.72. The number of carbonyl (C=O) groups is 1. The number of aromatic hydroxyl groups is 1. The lowest BCUT2D eigenvalue weighted by molar-refractivity contribution is -0.0872. The van der Waals surface area contributed by atoms with E-state index in [1.807, 2.05) is 23.1 Å². The Morgan fingerprint density at radius 2 is 1.93 bits per heavy atom. The van der Waals surface area contributed by atoms with Crippen molar-refractivity contribution in [3.05, 3.63) is 59.2 Å². The summed E-state index contributed by atoms with van der Waals surface area (Å²) < 4.78 is 12.7. The van der Waals surface area contributed by atoms with Gasteiger partial charge in [-0.3, -0.25) is 4.79 Å². The number of nitrogens with zero attached hydrogens (tertiary/aromatic N) is 1.